The van der Waals surface area contributed by atoms with Gasteiger partial charge in [-0.25, -0.2) is 0 Å². The Morgan fingerprint density at radius 1 is 0.944 bits per heavy atom. The Hall–Kier alpha value is -3.76. The number of carboxylic acids is 1. The van der Waals surface area contributed by atoms with Crippen molar-refractivity contribution < 1.29 is 33.9 Å². The van der Waals surface area contributed by atoms with Crippen LogP contribution < -0.4 is 10.6 Å². The van der Waals surface area contributed by atoms with Gasteiger partial charge in [0, 0.05) is 37.2 Å². The number of carbonyl (C=O) groups excluding carboxylic acids is 5. The number of rotatable bonds is 5. The lowest BCUT2D eigenvalue weighted by Crippen LogP contribution is -2.54. The van der Waals surface area contributed by atoms with E-state index in [-0.39, 0.29) is 48.4 Å². The van der Waals surface area contributed by atoms with E-state index < -0.39 is 41.6 Å². The quantitative estimate of drug-likeness (QED) is 0.510. The molecule has 0 bridgehead atoms. The fourth-order valence-corrected chi connectivity index (χ4v) is 5.76. The van der Waals surface area contributed by atoms with Crippen molar-refractivity contribution in [2.75, 3.05) is 18.4 Å². The van der Waals surface area contributed by atoms with E-state index in [1.54, 1.807) is 23.1 Å². The molecule has 0 spiro atoms. The highest BCUT2D eigenvalue weighted by atomic mass is 16.4. The van der Waals surface area contributed by atoms with Gasteiger partial charge in [0.25, 0.3) is 11.8 Å². The SMILES string of the molecule is O=C1CC[C@@H](N2C(=O)c3cccc(NC4CCC(C(=O)N5CCC(C(=O)O)C5)CC4)c3C2=O)C(=O)N1. The lowest BCUT2D eigenvalue weighted by Gasteiger charge is -2.31. The molecule has 1 aromatic rings. The maximum absolute atomic E-state index is 13.3. The molecule has 3 heterocycles. The summed E-state index contributed by atoms with van der Waals surface area (Å²) in [5.74, 6) is -3.67. The van der Waals surface area contributed by atoms with Crippen LogP contribution in [0, 0.1) is 11.8 Å². The van der Waals surface area contributed by atoms with Crippen molar-refractivity contribution in [3.05, 3.63) is 29.3 Å². The van der Waals surface area contributed by atoms with Crippen LogP contribution >= 0.6 is 0 Å². The fourth-order valence-electron chi connectivity index (χ4n) is 5.76. The van der Waals surface area contributed by atoms with Crippen LogP contribution in [0.15, 0.2) is 18.2 Å². The molecule has 36 heavy (non-hydrogen) atoms. The molecule has 0 aromatic heterocycles. The summed E-state index contributed by atoms with van der Waals surface area (Å²) < 4.78 is 0. The molecule has 2 saturated heterocycles. The molecule has 3 fully saturated rings. The number of hydrogen-bond acceptors (Lipinski definition) is 7. The largest absolute Gasteiger partial charge is 0.481 e. The van der Waals surface area contributed by atoms with Crippen LogP contribution in [0.1, 0.15) is 65.7 Å². The number of benzene rings is 1. The molecule has 1 saturated carbocycles. The first-order valence-corrected chi connectivity index (χ1v) is 12.4. The molecule has 1 aliphatic carbocycles. The third-order valence-electron chi connectivity index (χ3n) is 7.75. The standard InChI is InChI=1S/C25H28N4O7/c30-19-9-8-18(21(31)27-19)29-23(33)16-2-1-3-17(20(16)24(29)34)26-15-6-4-13(5-7-15)22(32)28-11-10-14(12-28)25(35)36/h1-3,13-15,18,26H,4-12H2,(H,35,36)(H,27,30,31)/t13?,14?,15?,18-/m1/s1. The first-order valence-electron chi connectivity index (χ1n) is 12.4. The molecule has 0 radical (unpaired) electrons. The van der Waals surface area contributed by atoms with Gasteiger partial charge in [-0.05, 0) is 50.7 Å². The average Bonchev–Trinajstić information content (AvgIpc) is 3.44. The Balaban J connectivity index is 1.23. The number of piperidine rings is 1. The molecule has 3 aliphatic heterocycles. The summed E-state index contributed by atoms with van der Waals surface area (Å²) in [4.78, 5) is 76.8. The molecule has 190 valence electrons. The van der Waals surface area contributed by atoms with Gasteiger partial charge >= 0.3 is 5.97 Å². The van der Waals surface area contributed by atoms with E-state index in [1.807, 2.05) is 0 Å². The zero-order valence-corrected chi connectivity index (χ0v) is 19.7. The minimum atomic E-state index is -1.02. The first-order chi connectivity index (χ1) is 17.2. The summed E-state index contributed by atoms with van der Waals surface area (Å²) in [6, 6.07) is 3.95. The Bertz CT molecular complexity index is 1160. The molecule has 1 unspecified atom stereocenters. The van der Waals surface area contributed by atoms with Crippen LogP contribution in [-0.4, -0.2) is 75.6 Å². The smallest absolute Gasteiger partial charge is 0.308 e. The highest BCUT2D eigenvalue weighted by Crippen LogP contribution is 2.35. The Kier molecular flexibility index (Phi) is 6.23. The van der Waals surface area contributed by atoms with Gasteiger partial charge in [0.2, 0.25) is 17.7 Å². The van der Waals surface area contributed by atoms with Gasteiger partial charge in [0.1, 0.15) is 6.04 Å². The van der Waals surface area contributed by atoms with Crippen molar-refractivity contribution in [1.29, 1.82) is 0 Å². The van der Waals surface area contributed by atoms with Crippen molar-refractivity contribution in [1.82, 2.24) is 15.1 Å². The van der Waals surface area contributed by atoms with E-state index in [9.17, 15) is 33.9 Å². The lowest BCUT2D eigenvalue weighted by atomic mass is 9.85. The number of fused-ring (bicyclic) bond motifs is 1. The summed E-state index contributed by atoms with van der Waals surface area (Å²) >= 11 is 0. The molecule has 4 aliphatic rings. The van der Waals surface area contributed by atoms with Gasteiger partial charge in [-0.3, -0.25) is 39.0 Å². The number of anilines is 1. The van der Waals surface area contributed by atoms with Gasteiger partial charge in [0.15, 0.2) is 0 Å². The van der Waals surface area contributed by atoms with E-state index in [0.717, 1.165) is 4.90 Å². The summed E-state index contributed by atoms with van der Waals surface area (Å²) in [5.41, 5.74) is 0.960. The van der Waals surface area contributed by atoms with Crippen molar-refractivity contribution in [2.24, 2.45) is 11.8 Å². The van der Waals surface area contributed by atoms with Crippen molar-refractivity contribution in [3.8, 4) is 0 Å². The van der Waals surface area contributed by atoms with Crippen LogP contribution in [0.25, 0.3) is 0 Å². The highest BCUT2D eigenvalue weighted by Gasteiger charge is 2.46. The first kappa shape index (κ1) is 24.0. The maximum atomic E-state index is 13.3. The summed E-state index contributed by atoms with van der Waals surface area (Å²) in [5, 5.41) is 14.8. The van der Waals surface area contributed by atoms with E-state index in [4.69, 9.17) is 0 Å². The van der Waals surface area contributed by atoms with Crippen LogP contribution in [0.2, 0.25) is 0 Å². The van der Waals surface area contributed by atoms with E-state index >= 15 is 0 Å². The van der Waals surface area contributed by atoms with Gasteiger partial charge in [-0.1, -0.05) is 6.07 Å². The number of imide groups is 2. The Morgan fingerprint density at radius 3 is 2.36 bits per heavy atom. The van der Waals surface area contributed by atoms with Gasteiger partial charge in [-0.15, -0.1) is 0 Å². The number of nitrogens with zero attached hydrogens (tertiary/aromatic N) is 2. The van der Waals surface area contributed by atoms with Crippen molar-refractivity contribution in [3.63, 3.8) is 0 Å². The molecule has 2 atom stereocenters. The second kappa shape index (κ2) is 9.36. The van der Waals surface area contributed by atoms with E-state index in [0.29, 0.717) is 44.3 Å². The number of aliphatic carboxylic acids is 1. The molecule has 11 nitrogen and oxygen atoms in total. The maximum Gasteiger partial charge on any atom is 0.308 e. The number of carbonyl (C=O) groups is 6. The zero-order chi connectivity index (χ0) is 25.6. The van der Waals surface area contributed by atoms with E-state index in [2.05, 4.69) is 10.6 Å². The summed E-state index contributed by atoms with van der Waals surface area (Å²) in [6.45, 7) is 0.742. The van der Waals surface area contributed by atoms with Crippen molar-refractivity contribution in [2.45, 2.75) is 57.0 Å². The summed E-state index contributed by atoms with van der Waals surface area (Å²) in [7, 11) is 0. The van der Waals surface area contributed by atoms with Crippen LogP contribution in [0.4, 0.5) is 5.69 Å². The minimum absolute atomic E-state index is 0.00144. The normalized spacial score (nSPS) is 28.2. The van der Waals surface area contributed by atoms with Gasteiger partial charge < -0.3 is 15.3 Å². The number of amides is 5. The molecular formula is C25H28N4O7. The monoisotopic (exact) mass is 496 g/mol. The molecule has 5 rings (SSSR count). The Labute approximate surface area is 207 Å². The zero-order valence-electron chi connectivity index (χ0n) is 19.7. The third kappa shape index (κ3) is 4.22. The predicted octanol–water partition coefficient (Wildman–Crippen LogP) is 0.992. The van der Waals surface area contributed by atoms with Crippen LogP contribution in [0.3, 0.4) is 0 Å². The summed E-state index contributed by atoms with van der Waals surface area (Å²) in [6.07, 6.45) is 3.32. The van der Waals surface area contributed by atoms with Gasteiger partial charge in [0.05, 0.1) is 17.0 Å². The molecule has 11 heteroatoms. The molecular weight excluding hydrogens is 468 g/mol. The molecule has 1 aromatic carbocycles. The topological polar surface area (TPSA) is 153 Å². The number of hydrogen-bond donors (Lipinski definition) is 3. The lowest BCUT2D eigenvalue weighted by molar-refractivity contribution is -0.142. The third-order valence-corrected chi connectivity index (χ3v) is 7.75. The second-order valence-electron chi connectivity index (χ2n) is 9.98. The number of carboxylic acid groups (broad SMARTS) is 1. The minimum Gasteiger partial charge on any atom is -0.481 e. The molecule has 3 N–H and O–H groups in total. The highest BCUT2D eigenvalue weighted by molar-refractivity contribution is 6.25. The van der Waals surface area contributed by atoms with E-state index in [1.165, 1.54) is 0 Å². The van der Waals surface area contributed by atoms with Crippen LogP contribution in [-0.2, 0) is 19.2 Å². The number of nitrogens with one attached hydrogen (secondary N) is 2. The number of likely N-dealkylation sites (tertiary alicyclic amines) is 1. The predicted molar refractivity (Wildman–Crippen MR) is 125 cm³/mol. The van der Waals surface area contributed by atoms with Gasteiger partial charge in [-0.2, -0.15) is 0 Å². The second-order valence-corrected chi connectivity index (χ2v) is 9.98. The molecule has 5 amide bonds. The van der Waals surface area contributed by atoms with Crippen molar-refractivity contribution >= 4 is 41.2 Å². The van der Waals surface area contributed by atoms with Crippen LogP contribution in [0.5, 0.6) is 0 Å². The fraction of sp³-hybridized carbons (Fsp3) is 0.520. The Morgan fingerprint density at radius 2 is 1.69 bits per heavy atom. The average molecular weight is 497 g/mol.